The fraction of sp³-hybridized carbons (Fsp3) is 0.353. The van der Waals surface area contributed by atoms with Crippen molar-refractivity contribution in [2.75, 3.05) is 13.7 Å². The zero-order valence-corrected chi connectivity index (χ0v) is 14.1. The van der Waals surface area contributed by atoms with Crippen molar-refractivity contribution < 1.29 is 4.74 Å². The Bertz CT molecular complexity index is 557. The number of nitrogens with zero attached hydrogens (tertiary/aromatic N) is 1. The molecular formula is C17H21BrN2O. The highest BCUT2D eigenvalue weighted by Gasteiger charge is 2.16. The summed E-state index contributed by atoms with van der Waals surface area (Å²) >= 11 is 3.48. The van der Waals surface area contributed by atoms with Crippen molar-refractivity contribution in [1.29, 1.82) is 0 Å². The fourth-order valence-corrected chi connectivity index (χ4v) is 2.57. The maximum atomic E-state index is 5.40. The summed E-state index contributed by atoms with van der Waals surface area (Å²) in [5.41, 5.74) is 2.40. The Labute approximate surface area is 134 Å². The summed E-state index contributed by atoms with van der Waals surface area (Å²) in [5, 5.41) is 3.59. The molecule has 1 aromatic carbocycles. The Hall–Kier alpha value is -1.39. The van der Waals surface area contributed by atoms with Crippen molar-refractivity contribution in [2.24, 2.45) is 0 Å². The smallest absolute Gasteiger partial charge is 0.217 e. The van der Waals surface area contributed by atoms with Gasteiger partial charge in [-0.25, -0.2) is 4.98 Å². The van der Waals surface area contributed by atoms with E-state index in [0.717, 1.165) is 29.4 Å². The minimum Gasteiger partial charge on any atom is -0.481 e. The number of hydrogen-bond acceptors (Lipinski definition) is 3. The summed E-state index contributed by atoms with van der Waals surface area (Å²) in [6.07, 6.45) is 3.77. The molecule has 112 valence electrons. The zero-order chi connectivity index (χ0) is 15.1. The van der Waals surface area contributed by atoms with Gasteiger partial charge in [-0.2, -0.15) is 0 Å². The second-order valence-electron chi connectivity index (χ2n) is 4.94. The van der Waals surface area contributed by atoms with Crippen LogP contribution in [0.15, 0.2) is 47.1 Å². The van der Waals surface area contributed by atoms with Gasteiger partial charge in [-0.1, -0.05) is 41.1 Å². The number of hydrogen-bond donors (Lipinski definition) is 1. The van der Waals surface area contributed by atoms with Gasteiger partial charge >= 0.3 is 0 Å². The molecule has 0 aliphatic rings. The second-order valence-corrected chi connectivity index (χ2v) is 5.85. The van der Waals surface area contributed by atoms with E-state index in [9.17, 15) is 0 Å². The molecule has 1 N–H and O–H groups in total. The number of ether oxygens (including phenoxy) is 1. The van der Waals surface area contributed by atoms with Crippen molar-refractivity contribution in [3.05, 3.63) is 58.2 Å². The van der Waals surface area contributed by atoms with E-state index in [2.05, 4.69) is 63.5 Å². The highest BCUT2D eigenvalue weighted by molar-refractivity contribution is 9.10. The van der Waals surface area contributed by atoms with Gasteiger partial charge in [-0.05, 0) is 43.1 Å². The molecule has 0 fully saturated rings. The van der Waals surface area contributed by atoms with Crippen LogP contribution < -0.4 is 10.1 Å². The lowest BCUT2D eigenvalue weighted by Gasteiger charge is -2.20. The van der Waals surface area contributed by atoms with Gasteiger partial charge in [0.15, 0.2) is 0 Å². The molecule has 3 nitrogen and oxygen atoms in total. The lowest BCUT2D eigenvalue weighted by Crippen LogP contribution is -2.24. The lowest BCUT2D eigenvalue weighted by molar-refractivity contribution is 0.381. The molecule has 0 radical (unpaired) electrons. The first-order valence-corrected chi connectivity index (χ1v) is 8.00. The Kier molecular flexibility index (Phi) is 6.21. The van der Waals surface area contributed by atoms with Crippen LogP contribution in [0.3, 0.4) is 0 Å². The van der Waals surface area contributed by atoms with Gasteiger partial charge in [0.05, 0.1) is 7.11 Å². The third kappa shape index (κ3) is 4.55. The predicted molar refractivity (Wildman–Crippen MR) is 89.7 cm³/mol. The van der Waals surface area contributed by atoms with Gasteiger partial charge in [-0.15, -0.1) is 0 Å². The quantitative estimate of drug-likeness (QED) is 0.816. The number of nitrogens with one attached hydrogen (secondary N) is 1. The monoisotopic (exact) mass is 348 g/mol. The molecule has 1 aromatic heterocycles. The van der Waals surface area contributed by atoms with E-state index in [-0.39, 0.29) is 6.04 Å². The predicted octanol–water partition coefficient (Wildman–Crippen LogP) is 4.14. The molecule has 1 heterocycles. The Morgan fingerprint density at radius 3 is 2.67 bits per heavy atom. The minimum absolute atomic E-state index is 0.203. The largest absolute Gasteiger partial charge is 0.481 e. The van der Waals surface area contributed by atoms with E-state index in [4.69, 9.17) is 4.74 Å². The molecule has 4 heteroatoms. The van der Waals surface area contributed by atoms with Crippen LogP contribution in [0.4, 0.5) is 0 Å². The maximum Gasteiger partial charge on any atom is 0.217 e. The Morgan fingerprint density at radius 1 is 1.24 bits per heavy atom. The van der Waals surface area contributed by atoms with E-state index in [0.29, 0.717) is 5.88 Å². The molecular weight excluding hydrogens is 328 g/mol. The van der Waals surface area contributed by atoms with E-state index in [1.165, 1.54) is 5.56 Å². The van der Waals surface area contributed by atoms with Crippen LogP contribution in [0.25, 0.3) is 0 Å². The molecule has 0 spiro atoms. The maximum absolute atomic E-state index is 5.40. The van der Waals surface area contributed by atoms with Crippen LogP contribution in [0, 0.1) is 0 Å². The van der Waals surface area contributed by atoms with E-state index >= 15 is 0 Å². The van der Waals surface area contributed by atoms with Crippen molar-refractivity contribution in [3.8, 4) is 5.88 Å². The van der Waals surface area contributed by atoms with Gasteiger partial charge in [0, 0.05) is 22.3 Å². The molecule has 0 bridgehead atoms. The number of benzene rings is 1. The SMILES string of the molecule is CCCNC(Cc1ccc(Br)cc1)c1cccnc1OC. The first-order valence-electron chi connectivity index (χ1n) is 7.21. The molecule has 0 saturated carbocycles. The molecule has 0 saturated heterocycles. The van der Waals surface area contributed by atoms with Gasteiger partial charge in [0.1, 0.15) is 0 Å². The van der Waals surface area contributed by atoms with E-state index in [1.807, 2.05) is 6.07 Å². The van der Waals surface area contributed by atoms with E-state index in [1.54, 1.807) is 13.3 Å². The van der Waals surface area contributed by atoms with Crippen LogP contribution in [0.5, 0.6) is 5.88 Å². The average molecular weight is 349 g/mol. The number of halogens is 1. The van der Waals surface area contributed by atoms with Gasteiger partial charge < -0.3 is 10.1 Å². The van der Waals surface area contributed by atoms with Gasteiger partial charge in [-0.3, -0.25) is 0 Å². The Balaban J connectivity index is 2.23. The normalized spacial score (nSPS) is 12.1. The third-order valence-electron chi connectivity index (χ3n) is 3.36. The van der Waals surface area contributed by atoms with Crippen molar-refractivity contribution >= 4 is 15.9 Å². The van der Waals surface area contributed by atoms with Crippen LogP contribution >= 0.6 is 15.9 Å². The summed E-state index contributed by atoms with van der Waals surface area (Å²) in [6, 6.07) is 12.7. The standard InChI is InChI=1S/C17H21BrN2O/c1-3-10-19-16(12-13-6-8-14(18)9-7-13)15-5-4-11-20-17(15)21-2/h4-9,11,16,19H,3,10,12H2,1-2H3. The van der Waals surface area contributed by atoms with Crippen molar-refractivity contribution in [2.45, 2.75) is 25.8 Å². The van der Waals surface area contributed by atoms with Crippen LogP contribution in [0.1, 0.15) is 30.5 Å². The number of methoxy groups -OCH3 is 1. The molecule has 0 aliphatic carbocycles. The highest BCUT2D eigenvalue weighted by atomic mass is 79.9. The molecule has 0 aliphatic heterocycles. The first kappa shape index (κ1) is 16.0. The summed E-state index contributed by atoms with van der Waals surface area (Å²) < 4.78 is 6.50. The third-order valence-corrected chi connectivity index (χ3v) is 3.89. The topological polar surface area (TPSA) is 34.2 Å². The molecule has 1 unspecified atom stereocenters. The molecule has 2 aromatic rings. The van der Waals surface area contributed by atoms with Gasteiger partial charge in [0.25, 0.3) is 0 Å². The van der Waals surface area contributed by atoms with Crippen molar-refractivity contribution in [1.82, 2.24) is 10.3 Å². The number of aromatic nitrogens is 1. The second kappa shape index (κ2) is 8.15. The lowest BCUT2D eigenvalue weighted by atomic mass is 9.99. The Morgan fingerprint density at radius 2 is 2.00 bits per heavy atom. The summed E-state index contributed by atoms with van der Waals surface area (Å²) in [5.74, 6) is 0.697. The summed E-state index contributed by atoms with van der Waals surface area (Å²) in [4.78, 5) is 4.31. The first-order chi connectivity index (χ1) is 10.2. The van der Waals surface area contributed by atoms with Gasteiger partial charge in [0.2, 0.25) is 5.88 Å². The summed E-state index contributed by atoms with van der Waals surface area (Å²) in [6.45, 7) is 3.14. The molecule has 2 rings (SSSR count). The molecule has 21 heavy (non-hydrogen) atoms. The van der Waals surface area contributed by atoms with Crippen molar-refractivity contribution in [3.63, 3.8) is 0 Å². The summed E-state index contributed by atoms with van der Waals surface area (Å²) in [7, 11) is 1.67. The van der Waals surface area contributed by atoms with E-state index < -0.39 is 0 Å². The average Bonchev–Trinajstić information content (AvgIpc) is 2.53. The molecule has 0 amide bonds. The zero-order valence-electron chi connectivity index (χ0n) is 12.5. The minimum atomic E-state index is 0.203. The number of rotatable bonds is 7. The van der Waals surface area contributed by atoms with Crippen LogP contribution in [-0.2, 0) is 6.42 Å². The molecule has 1 atom stereocenters. The fourth-order valence-electron chi connectivity index (χ4n) is 2.31. The van der Waals surface area contributed by atoms with Crippen LogP contribution in [0.2, 0.25) is 0 Å². The number of pyridine rings is 1. The highest BCUT2D eigenvalue weighted by Crippen LogP contribution is 2.26. The van der Waals surface area contributed by atoms with Crippen LogP contribution in [-0.4, -0.2) is 18.6 Å².